The van der Waals surface area contributed by atoms with Crippen LogP contribution in [0.25, 0.3) is 0 Å². The molecule has 27 heavy (non-hydrogen) atoms. The van der Waals surface area contributed by atoms with Gasteiger partial charge in [0.25, 0.3) is 0 Å². The molecule has 0 aromatic rings. The molecule has 3 fully saturated rings. The normalized spacial score (nSPS) is 46.9. The van der Waals surface area contributed by atoms with Crippen LogP contribution in [0.15, 0.2) is 36.5 Å². The first-order valence-electron chi connectivity index (χ1n) is 11.3. The molecule has 3 saturated carbocycles. The molecule has 0 bridgehead atoms. The number of hydrogen-bond donors (Lipinski definition) is 1. The maximum atomic E-state index is 11.4. The van der Waals surface area contributed by atoms with E-state index in [0.717, 1.165) is 24.7 Å². The molecule has 150 valence electrons. The molecular formula is C26H40O. The summed E-state index contributed by atoms with van der Waals surface area (Å²) in [6.07, 6.45) is 14.0. The van der Waals surface area contributed by atoms with Crippen LogP contribution in [-0.2, 0) is 0 Å². The SMILES string of the molecule is C=CC12CC(O)C3C(CCC4=CC(=C)CCC43C)C1C[C@@H](CC(C)(C)C)C2. The largest absolute Gasteiger partial charge is 0.393 e. The number of fused-ring (bicyclic) bond motifs is 5. The molecule has 0 saturated heterocycles. The highest BCUT2D eigenvalue weighted by Gasteiger charge is 2.61. The molecule has 0 aliphatic heterocycles. The van der Waals surface area contributed by atoms with E-state index in [4.69, 9.17) is 0 Å². The second-order valence-electron chi connectivity index (χ2n) is 11.9. The minimum atomic E-state index is -0.183. The summed E-state index contributed by atoms with van der Waals surface area (Å²) in [5.74, 6) is 2.59. The average molecular weight is 369 g/mol. The first-order valence-corrected chi connectivity index (χ1v) is 11.3. The van der Waals surface area contributed by atoms with Gasteiger partial charge in [-0.1, -0.05) is 57.6 Å². The molecule has 1 N–H and O–H groups in total. The highest BCUT2D eigenvalue weighted by molar-refractivity contribution is 5.34. The molecule has 4 rings (SSSR count). The van der Waals surface area contributed by atoms with Gasteiger partial charge in [0.2, 0.25) is 0 Å². The van der Waals surface area contributed by atoms with E-state index in [2.05, 4.69) is 53.0 Å². The van der Waals surface area contributed by atoms with Gasteiger partial charge in [0.05, 0.1) is 6.10 Å². The van der Waals surface area contributed by atoms with Gasteiger partial charge in [-0.15, -0.1) is 6.58 Å². The second-order valence-corrected chi connectivity index (χ2v) is 11.9. The van der Waals surface area contributed by atoms with Crippen LogP contribution in [0.2, 0.25) is 0 Å². The lowest BCUT2D eigenvalue weighted by molar-refractivity contribution is -0.108. The van der Waals surface area contributed by atoms with Crippen molar-refractivity contribution in [2.24, 2.45) is 39.9 Å². The minimum Gasteiger partial charge on any atom is -0.393 e. The zero-order valence-corrected chi connectivity index (χ0v) is 18.1. The van der Waals surface area contributed by atoms with Gasteiger partial charge in [-0.25, -0.2) is 0 Å². The Morgan fingerprint density at radius 1 is 1.26 bits per heavy atom. The van der Waals surface area contributed by atoms with Gasteiger partial charge in [0.15, 0.2) is 0 Å². The highest BCUT2D eigenvalue weighted by atomic mass is 16.3. The molecule has 0 amide bonds. The number of hydrogen-bond acceptors (Lipinski definition) is 1. The Bertz CT molecular complexity index is 664. The minimum absolute atomic E-state index is 0.173. The van der Waals surface area contributed by atoms with Gasteiger partial charge in [-0.3, -0.25) is 0 Å². The third kappa shape index (κ3) is 3.09. The molecule has 4 aliphatic carbocycles. The highest BCUT2D eigenvalue weighted by Crippen LogP contribution is 2.67. The maximum Gasteiger partial charge on any atom is 0.0587 e. The smallest absolute Gasteiger partial charge is 0.0587 e. The van der Waals surface area contributed by atoms with Crippen molar-refractivity contribution in [1.29, 1.82) is 0 Å². The van der Waals surface area contributed by atoms with E-state index in [-0.39, 0.29) is 16.9 Å². The van der Waals surface area contributed by atoms with Crippen LogP contribution in [0, 0.1) is 39.9 Å². The quantitative estimate of drug-likeness (QED) is 0.538. The molecule has 7 atom stereocenters. The molecule has 1 nitrogen and oxygen atoms in total. The average Bonchev–Trinajstić information content (AvgIpc) is 2.91. The first-order chi connectivity index (χ1) is 12.6. The monoisotopic (exact) mass is 368 g/mol. The van der Waals surface area contributed by atoms with Gasteiger partial charge < -0.3 is 5.11 Å². The summed E-state index contributed by atoms with van der Waals surface area (Å²) < 4.78 is 0. The van der Waals surface area contributed by atoms with E-state index in [1.165, 1.54) is 44.1 Å². The van der Waals surface area contributed by atoms with Crippen molar-refractivity contribution in [2.45, 2.75) is 85.2 Å². The summed E-state index contributed by atoms with van der Waals surface area (Å²) in [5.41, 5.74) is 3.61. The fraction of sp³-hybridized carbons (Fsp3) is 0.769. The van der Waals surface area contributed by atoms with Crippen LogP contribution < -0.4 is 0 Å². The molecular weight excluding hydrogens is 328 g/mol. The Morgan fingerprint density at radius 2 is 2.00 bits per heavy atom. The fourth-order valence-corrected chi connectivity index (χ4v) is 8.00. The van der Waals surface area contributed by atoms with Crippen molar-refractivity contribution >= 4 is 0 Å². The third-order valence-corrected chi connectivity index (χ3v) is 8.84. The van der Waals surface area contributed by atoms with Crippen molar-refractivity contribution in [3.8, 4) is 0 Å². The van der Waals surface area contributed by atoms with Crippen LogP contribution in [0.4, 0.5) is 0 Å². The molecule has 0 heterocycles. The van der Waals surface area contributed by atoms with E-state index in [0.29, 0.717) is 17.3 Å². The topological polar surface area (TPSA) is 20.2 Å². The van der Waals surface area contributed by atoms with E-state index in [1.807, 2.05) is 0 Å². The molecule has 1 heteroatoms. The predicted octanol–water partition coefficient (Wildman–Crippen LogP) is 6.69. The number of rotatable bonds is 2. The summed E-state index contributed by atoms with van der Waals surface area (Å²) in [7, 11) is 0. The van der Waals surface area contributed by atoms with Gasteiger partial charge in [-0.2, -0.15) is 0 Å². The van der Waals surface area contributed by atoms with Crippen molar-refractivity contribution in [3.05, 3.63) is 36.5 Å². The third-order valence-electron chi connectivity index (χ3n) is 8.84. The van der Waals surface area contributed by atoms with Crippen LogP contribution in [-0.4, -0.2) is 11.2 Å². The lowest BCUT2D eigenvalue weighted by Gasteiger charge is -2.59. The van der Waals surface area contributed by atoms with Crippen molar-refractivity contribution in [2.75, 3.05) is 0 Å². The van der Waals surface area contributed by atoms with Gasteiger partial charge in [0.1, 0.15) is 0 Å². The first kappa shape index (κ1) is 19.5. The summed E-state index contributed by atoms with van der Waals surface area (Å²) in [4.78, 5) is 0. The number of allylic oxidation sites excluding steroid dienone is 4. The van der Waals surface area contributed by atoms with Gasteiger partial charge >= 0.3 is 0 Å². The van der Waals surface area contributed by atoms with E-state index < -0.39 is 0 Å². The molecule has 6 unspecified atom stereocenters. The Hall–Kier alpha value is -0.820. The second kappa shape index (κ2) is 6.34. The predicted molar refractivity (Wildman–Crippen MR) is 114 cm³/mol. The van der Waals surface area contributed by atoms with Crippen molar-refractivity contribution < 1.29 is 5.11 Å². The Balaban J connectivity index is 1.67. The lowest BCUT2D eigenvalue weighted by Crippen LogP contribution is -2.55. The summed E-state index contributed by atoms with van der Waals surface area (Å²) in [5, 5.41) is 11.4. The summed E-state index contributed by atoms with van der Waals surface area (Å²) in [6.45, 7) is 18.1. The van der Waals surface area contributed by atoms with Crippen LogP contribution >= 0.6 is 0 Å². The zero-order chi connectivity index (χ0) is 19.6. The summed E-state index contributed by atoms with van der Waals surface area (Å²) in [6, 6.07) is 0. The van der Waals surface area contributed by atoms with E-state index in [9.17, 15) is 5.11 Å². The molecule has 4 aliphatic rings. The Kier molecular flexibility index (Phi) is 4.58. The Labute approximate surface area is 167 Å². The van der Waals surface area contributed by atoms with E-state index in [1.54, 1.807) is 5.57 Å². The molecule has 0 radical (unpaired) electrons. The van der Waals surface area contributed by atoms with Gasteiger partial charge in [0, 0.05) is 0 Å². The maximum absolute atomic E-state index is 11.4. The number of aliphatic hydroxyl groups is 1. The fourth-order valence-electron chi connectivity index (χ4n) is 8.00. The van der Waals surface area contributed by atoms with Gasteiger partial charge in [-0.05, 0) is 91.3 Å². The van der Waals surface area contributed by atoms with E-state index >= 15 is 0 Å². The Morgan fingerprint density at radius 3 is 2.67 bits per heavy atom. The summed E-state index contributed by atoms with van der Waals surface area (Å²) >= 11 is 0. The van der Waals surface area contributed by atoms with Crippen LogP contribution in [0.5, 0.6) is 0 Å². The molecule has 0 aromatic carbocycles. The zero-order valence-electron chi connectivity index (χ0n) is 18.1. The molecule has 0 aromatic heterocycles. The molecule has 0 spiro atoms. The standard InChI is InChI=1S/C26H40O/c1-7-26-15-18(14-24(3,4)5)13-21(26)20-9-8-19-12-17(2)10-11-25(19,6)23(20)22(27)16-26/h7,12,18,20-23,27H,1-2,8-11,13-16H2,3-6H3/t18-,20?,21?,22?,23?,25?,26?/m0/s1. The van der Waals surface area contributed by atoms with Crippen LogP contribution in [0.1, 0.15) is 79.1 Å². The van der Waals surface area contributed by atoms with Crippen molar-refractivity contribution in [3.63, 3.8) is 0 Å². The van der Waals surface area contributed by atoms with Crippen LogP contribution in [0.3, 0.4) is 0 Å². The lowest BCUT2D eigenvalue weighted by atomic mass is 9.46. The van der Waals surface area contributed by atoms with Crippen molar-refractivity contribution in [1.82, 2.24) is 0 Å². The number of aliphatic hydroxyl groups excluding tert-OH is 1.